The summed E-state index contributed by atoms with van der Waals surface area (Å²) in [4.78, 5) is 12.0. The number of fused-ring (bicyclic) bond motifs is 3. The van der Waals surface area contributed by atoms with Crippen LogP contribution in [0.3, 0.4) is 0 Å². The molecule has 5 heteroatoms. The minimum atomic E-state index is -1.35. The molecule has 142 valence electrons. The molecule has 3 aliphatic carbocycles. The molecule has 5 nitrogen and oxygen atoms in total. The van der Waals surface area contributed by atoms with Crippen LogP contribution >= 0.6 is 0 Å². The van der Waals surface area contributed by atoms with Gasteiger partial charge >= 0.3 is 5.97 Å². The van der Waals surface area contributed by atoms with Gasteiger partial charge in [-0.25, -0.2) is 0 Å². The van der Waals surface area contributed by atoms with Gasteiger partial charge in [-0.3, -0.25) is 4.79 Å². The van der Waals surface area contributed by atoms with Crippen LogP contribution < -0.4 is 0 Å². The zero-order valence-electron chi connectivity index (χ0n) is 15.7. The number of aliphatic carboxylic acids is 1. The predicted molar refractivity (Wildman–Crippen MR) is 93.9 cm³/mol. The lowest BCUT2D eigenvalue weighted by molar-refractivity contribution is -0.170. The first-order chi connectivity index (χ1) is 11.4. The third kappa shape index (κ3) is 2.58. The Morgan fingerprint density at radius 1 is 1.24 bits per heavy atom. The molecule has 4 N–H and O–H groups in total. The Balaban J connectivity index is 2.05. The first kappa shape index (κ1) is 18.9. The second-order valence-electron chi connectivity index (χ2n) is 9.60. The summed E-state index contributed by atoms with van der Waals surface area (Å²) in [6.07, 6.45) is 4.86. The number of carbonyl (C=O) groups is 1. The smallest absolute Gasteiger partial charge is 0.309 e. The second kappa shape index (κ2) is 5.54. The third-order valence-electron chi connectivity index (χ3n) is 7.79. The molecule has 0 aromatic heterocycles. The van der Waals surface area contributed by atoms with Crippen LogP contribution in [-0.2, 0) is 4.79 Å². The van der Waals surface area contributed by atoms with Gasteiger partial charge in [-0.15, -0.1) is 0 Å². The van der Waals surface area contributed by atoms with E-state index in [4.69, 9.17) is 0 Å². The van der Waals surface area contributed by atoms with E-state index >= 15 is 0 Å². The fourth-order valence-electron chi connectivity index (χ4n) is 5.98. The van der Waals surface area contributed by atoms with Crippen LogP contribution in [0.5, 0.6) is 0 Å². The Morgan fingerprint density at radius 3 is 2.44 bits per heavy atom. The van der Waals surface area contributed by atoms with E-state index in [1.54, 1.807) is 19.9 Å². The van der Waals surface area contributed by atoms with Crippen molar-refractivity contribution >= 4 is 5.97 Å². The van der Waals surface area contributed by atoms with Crippen molar-refractivity contribution < 1.29 is 25.2 Å². The Labute approximate surface area is 149 Å². The Hall–Kier alpha value is -0.910. The highest BCUT2D eigenvalue weighted by atomic mass is 16.4. The van der Waals surface area contributed by atoms with Gasteiger partial charge in [-0.1, -0.05) is 13.3 Å². The molecule has 3 rings (SSSR count). The zero-order valence-corrected chi connectivity index (χ0v) is 15.7. The lowest BCUT2D eigenvalue weighted by Crippen LogP contribution is -2.59. The quantitative estimate of drug-likeness (QED) is 0.573. The van der Waals surface area contributed by atoms with Gasteiger partial charge in [0, 0.05) is 0 Å². The summed E-state index contributed by atoms with van der Waals surface area (Å²) in [5.74, 6) is -0.800. The van der Waals surface area contributed by atoms with Crippen molar-refractivity contribution in [2.24, 2.45) is 22.7 Å². The molecular formula is C20H32O5. The molecule has 2 fully saturated rings. The van der Waals surface area contributed by atoms with Crippen LogP contribution in [0, 0.1) is 22.7 Å². The van der Waals surface area contributed by atoms with Crippen LogP contribution in [-0.4, -0.2) is 43.7 Å². The van der Waals surface area contributed by atoms with Crippen LogP contribution in [0.4, 0.5) is 0 Å². The largest absolute Gasteiger partial charge is 0.481 e. The Kier molecular flexibility index (Phi) is 4.18. The third-order valence-corrected chi connectivity index (χ3v) is 7.79. The van der Waals surface area contributed by atoms with Gasteiger partial charge in [0.15, 0.2) is 0 Å². The maximum Gasteiger partial charge on any atom is 0.309 e. The van der Waals surface area contributed by atoms with Crippen molar-refractivity contribution in [2.75, 3.05) is 0 Å². The molecule has 0 spiro atoms. The summed E-state index contributed by atoms with van der Waals surface area (Å²) < 4.78 is 0. The van der Waals surface area contributed by atoms with Gasteiger partial charge in [0.2, 0.25) is 0 Å². The van der Waals surface area contributed by atoms with E-state index < -0.39 is 28.7 Å². The first-order valence-corrected chi connectivity index (χ1v) is 9.44. The van der Waals surface area contributed by atoms with Gasteiger partial charge < -0.3 is 20.4 Å². The van der Waals surface area contributed by atoms with Crippen molar-refractivity contribution in [1.29, 1.82) is 0 Å². The highest BCUT2D eigenvalue weighted by Crippen LogP contribution is 2.63. The average Bonchev–Trinajstić information content (AvgIpc) is 2.48. The summed E-state index contributed by atoms with van der Waals surface area (Å²) in [7, 11) is 0. The van der Waals surface area contributed by atoms with Crippen molar-refractivity contribution in [3.63, 3.8) is 0 Å². The van der Waals surface area contributed by atoms with Crippen LogP contribution in [0.15, 0.2) is 11.6 Å². The van der Waals surface area contributed by atoms with E-state index in [1.807, 2.05) is 6.92 Å². The summed E-state index contributed by atoms with van der Waals surface area (Å²) in [6, 6.07) is 0. The number of carboxylic acids is 1. The minimum absolute atomic E-state index is 0.0582. The van der Waals surface area contributed by atoms with Crippen LogP contribution in [0.1, 0.15) is 66.2 Å². The van der Waals surface area contributed by atoms with Gasteiger partial charge in [0.05, 0.1) is 17.1 Å². The molecule has 3 aliphatic rings. The van der Waals surface area contributed by atoms with Crippen molar-refractivity contribution in [1.82, 2.24) is 0 Å². The molecule has 0 unspecified atom stereocenters. The van der Waals surface area contributed by atoms with Crippen molar-refractivity contribution in [3.8, 4) is 0 Å². The Bertz CT molecular complexity index is 606. The summed E-state index contributed by atoms with van der Waals surface area (Å²) in [5, 5.41) is 41.9. The highest BCUT2D eigenvalue weighted by molar-refractivity contribution is 5.75. The molecule has 0 aliphatic heterocycles. The summed E-state index contributed by atoms with van der Waals surface area (Å²) in [6.45, 7) is 7.17. The normalized spacial score (nSPS) is 47.5. The van der Waals surface area contributed by atoms with Gasteiger partial charge in [-0.2, -0.15) is 0 Å². The van der Waals surface area contributed by atoms with E-state index in [-0.39, 0.29) is 17.3 Å². The topological polar surface area (TPSA) is 98.0 Å². The molecule has 0 aromatic carbocycles. The number of aliphatic hydroxyl groups excluding tert-OH is 1. The number of hydrogen-bond acceptors (Lipinski definition) is 4. The van der Waals surface area contributed by atoms with E-state index in [9.17, 15) is 25.2 Å². The van der Waals surface area contributed by atoms with Crippen LogP contribution in [0.2, 0.25) is 0 Å². The summed E-state index contributed by atoms with van der Waals surface area (Å²) in [5.41, 5.74) is -2.86. The SMILES string of the molecule is CC(C)(O)[C@@]1(O)C=C2[C@@H](CC1)[C@]1(C)CCC[C@](C)(C(=O)O)[C@H]1C[C@@H]2O. The van der Waals surface area contributed by atoms with Crippen molar-refractivity contribution in [2.45, 2.75) is 83.5 Å². The standard InChI is InChI=1S/C20H32O5/c1-17(2,24)20(25)9-6-13-12(11-20)14(21)10-15-18(13,3)7-5-8-19(15,4)16(22)23/h11,13-15,21,24-25H,5-10H2,1-4H3,(H,22,23)/t13-,14+,15+,18+,19+,20+/m1/s1. The molecule has 0 heterocycles. The fraction of sp³-hybridized carbons (Fsp3) is 0.850. The van der Waals surface area contributed by atoms with E-state index in [0.29, 0.717) is 25.7 Å². The lowest BCUT2D eigenvalue weighted by Gasteiger charge is -2.60. The number of carboxylic acid groups (broad SMARTS) is 1. The molecule has 0 bridgehead atoms. The molecule has 6 atom stereocenters. The number of aliphatic hydroxyl groups is 3. The number of hydrogen-bond donors (Lipinski definition) is 4. The van der Waals surface area contributed by atoms with E-state index in [2.05, 4.69) is 6.92 Å². The second-order valence-corrected chi connectivity index (χ2v) is 9.60. The molecular weight excluding hydrogens is 320 g/mol. The van der Waals surface area contributed by atoms with Crippen molar-refractivity contribution in [3.05, 3.63) is 11.6 Å². The monoisotopic (exact) mass is 352 g/mol. The van der Waals surface area contributed by atoms with E-state index in [1.165, 1.54) is 0 Å². The van der Waals surface area contributed by atoms with Gasteiger partial charge in [0.25, 0.3) is 0 Å². The summed E-state index contributed by atoms with van der Waals surface area (Å²) >= 11 is 0. The number of rotatable bonds is 2. The maximum absolute atomic E-state index is 12.0. The van der Waals surface area contributed by atoms with Gasteiger partial charge in [0.1, 0.15) is 5.60 Å². The zero-order chi connectivity index (χ0) is 18.8. The van der Waals surface area contributed by atoms with Gasteiger partial charge in [-0.05, 0) is 81.8 Å². The maximum atomic E-state index is 12.0. The first-order valence-electron chi connectivity index (χ1n) is 9.44. The molecule has 25 heavy (non-hydrogen) atoms. The highest BCUT2D eigenvalue weighted by Gasteiger charge is 2.61. The molecule has 2 saturated carbocycles. The predicted octanol–water partition coefficient (Wildman–Crippen LogP) is 2.49. The molecule has 0 aromatic rings. The molecule has 0 amide bonds. The average molecular weight is 352 g/mol. The lowest BCUT2D eigenvalue weighted by atomic mass is 9.45. The molecule has 0 radical (unpaired) electrons. The van der Waals surface area contributed by atoms with E-state index in [0.717, 1.165) is 18.4 Å². The fourth-order valence-corrected chi connectivity index (χ4v) is 5.98. The molecule has 0 saturated heterocycles. The minimum Gasteiger partial charge on any atom is -0.481 e. The van der Waals surface area contributed by atoms with Crippen LogP contribution in [0.25, 0.3) is 0 Å². The Morgan fingerprint density at radius 2 is 1.88 bits per heavy atom.